The molecule has 1 atom stereocenters. The number of ether oxygens (including phenoxy) is 1. The van der Waals surface area contributed by atoms with E-state index in [0.29, 0.717) is 10.8 Å². The van der Waals surface area contributed by atoms with Crippen molar-refractivity contribution in [3.05, 3.63) is 23.2 Å². The van der Waals surface area contributed by atoms with E-state index in [9.17, 15) is 5.11 Å². The van der Waals surface area contributed by atoms with Crippen LogP contribution < -0.4 is 10.1 Å². The first-order chi connectivity index (χ1) is 6.77. The Kier molecular flexibility index (Phi) is 2.79. The molecule has 76 valence electrons. The summed E-state index contributed by atoms with van der Waals surface area (Å²) in [7, 11) is 0. The van der Waals surface area contributed by atoms with E-state index in [2.05, 4.69) is 5.32 Å². The van der Waals surface area contributed by atoms with Crippen molar-refractivity contribution >= 4 is 11.6 Å². The van der Waals surface area contributed by atoms with Crippen molar-refractivity contribution in [2.75, 3.05) is 13.1 Å². The fourth-order valence-corrected chi connectivity index (χ4v) is 1.66. The third kappa shape index (κ3) is 1.94. The lowest BCUT2D eigenvalue weighted by Crippen LogP contribution is -2.19. The first-order valence-electron chi connectivity index (χ1n) is 4.62. The Morgan fingerprint density at radius 3 is 3.07 bits per heavy atom. The Bertz CT molecular complexity index is 324. The molecule has 1 aromatic carbocycles. The summed E-state index contributed by atoms with van der Waals surface area (Å²) >= 11 is 5.75. The van der Waals surface area contributed by atoms with Crippen molar-refractivity contribution in [1.82, 2.24) is 5.32 Å². The number of hydrogen-bond acceptors (Lipinski definition) is 3. The summed E-state index contributed by atoms with van der Waals surface area (Å²) in [6, 6.07) is 5.12. The molecule has 0 aliphatic carbocycles. The van der Waals surface area contributed by atoms with Crippen LogP contribution in [0.1, 0.15) is 6.42 Å². The van der Waals surface area contributed by atoms with Crippen molar-refractivity contribution in [2.45, 2.75) is 12.5 Å². The van der Waals surface area contributed by atoms with Gasteiger partial charge in [-0.1, -0.05) is 17.7 Å². The summed E-state index contributed by atoms with van der Waals surface area (Å²) in [4.78, 5) is 0. The molecular formula is C10H12ClNO2. The number of aromatic hydroxyl groups is 1. The lowest BCUT2D eigenvalue weighted by Gasteiger charge is -2.13. The van der Waals surface area contributed by atoms with Gasteiger partial charge in [-0.2, -0.15) is 0 Å². The minimum Gasteiger partial charge on any atom is -0.503 e. The first kappa shape index (κ1) is 9.62. The Hall–Kier alpha value is -0.930. The zero-order valence-electron chi connectivity index (χ0n) is 7.66. The van der Waals surface area contributed by atoms with Gasteiger partial charge in [0.15, 0.2) is 11.5 Å². The van der Waals surface area contributed by atoms with Gasteiger partial charge < -0.3 is 15.2 Å². The highest BCUT2D eigenvalue weighted by molar-refractivity contribution is 6.32. The molecule has 14 heavy (non-hydrogen) atoms. The summed E-state index contributed by atoms with van der Waals surface area (Å²) in [5.74, 6) is 0.493. The summed E-state index contributed by atoms with van der Waals surface area (Å²) in [5.41, 5.74) is 0. The monoisotopic (exact) mass is 213 g/mol. The number of benzene rings is 1. The van der Waals surface area contributed by atoms with E-state index in [1.54, 1.807) is 18.2 Å². The average Bonchev–Trinajstić information content (AvgIpc) is 2.66. The van der Waals surface area contributed by atoms with Gasteiger partial charge in [-0.05, 0) is 25.1 Å². The zero-order valence-corrected chi connectivity index (χ0v) is 8.42. The maximum Gasteiger partial charge on any atom is 0.176 e. The Balaban J connectivity index is 2.11. The number of halogens is 1. The van der Waals surface area contributed by atoms with Gasteiger partial charge in [0.1, 0.15) is 6.10 Å². The van der Waals surface area contributed by atoms with Crippen molar-refractivity contribution < 1.29 is 9.84 Å². The summed E-state index contributed by atoms with van der Waals surface area (Å²) in [6.45, 7) is 1.79. The molecule has 0 radical (unpaired) electrons. The van der Waals surface area contributed by atoms with Gasteiger partial charge in [0.2, 0.25) is 0 Å². The van der Waals surface area contributed by atoms with Gasteiger partial charge in [0, 0.05) is 6.54 Å². The van der Waals surface area contributed by atoms with E-state index < -0.39 is 0 Å². The molecule has 1 aliphatic heterocycles. The van der Waals surface area contributed by atoms with Crippen LogP contribution in [0.5, 0.6) is 11.5 Å². The predicted molar refractivity (Wildman–Crippen MR) is 55.0 cm³/mol. The van der Waals surface area contributed by atoms with Gasteiger partial charge in [0.25, 0.3) is 0 Å². The highest BCUT2D eigenvalue weighted by Crippen LogP contribution is 2.34. The maximum absolute atomic E-state index is 9.58. The van der Waals surface area contributed by atoms with Gasteiger partial charge in [-0.15, -0.1) is 0 Å². The van der Waals surface area contributed by atoms with Gasteiger partial charge in [0.05, 0.1) is 5.02 Å². The number of rotatable bonds is 2. The van der Waals surface area contributed by atoms with E-state index in [1.807, 2.05) is 0 Å². The number of nitrogens with one attached hydrogen (secondary N) is 1. The molecule has 0 aromatic heterocycles. The van der Waals surface area contributed by atoms with Crippen LogP contribution in [-0.4, -0.2) is 24.3 Å². The fraction of sp³-hybridized carbons (Fsp3) is 0.400. The van der Waals surface area contributed by atoms with Gasteiger partial charge in [-0.3, -0.25) is 0 Å². The Labute approximate surface area is 87.6 Å². The van der Waals surface area contributed by atoms with Crippen LogP contribution in [0.3, 0.4) is 0 Å². The van der Waals surface area contributed by atoms with E-state index in [4.69, 9.17) is 16.3 Å². The molecule has 1 saturated heterocycles. The second-order valence-corrected chi connectivity index (χ2v) is 3.73. The minimum atomic E-state index is 0.0288. The van der Waals surface area contributed by atoms with Crippen LogP contribution in [0.25, 0.3) is 0 Å². The second-order valence-electron chi connectivity index (χ2n) is 3.32. The predicted octanol–water partition coefficient (Wildman–Crippen LogP) is 1.79. The van der Waals surface area contributed by atoms with Crippen molar-refractivity contribution in [1.29, 1.82) is 0 Å². The number of para-hydroxylation sites is 1. The van der Waals surface area contributed by atoms with E-state index in [0.717, 1.165) is 19.5 Å². The molecule has 3 nitrogen and oxygen atoms in total. The standard InChI is InChI=1S/C10H12ClNO2/c11-8-2-1-3-9(10(8)13)14-7-4-5-12-6-7/h1-3,7,12-13H,4-6H2. The van der Waals surface area contributed by atoms with Crippen LogP contribution in [0.2, 0.25) is 5.02 Å². The quantitative estimate of drug-likeness (QED) is 0.787. The second kappa shape index (κ2) is 4.07. The molecule has 0 bridgehead atoms. The van der Waals surface area contributed by atoms with Gasteiger partial charge >= 0.3 is 0 Å². The van der Waals surface area contributed by atoms with Gasteiger partial charge in [-0.25, -0.2) is 0 Å². The van der Waals surface area contributed by atoms with E-state index in [1.165, 1.54) is 0 Å². The first-order valence-corrected chi connectivity index (χ1v) is 5.00. The van der Waals surface area contributed by atoms with Crippen LogP contribution in [-0.2, 0) is 0 Å². The molecule has 1 fully saturated rings. The number of hydrogen-bond donors (Lipinski definition) is 2. The van der Waals surface area contributed by atoms with Crippen LogP contribution >= 0.6 is 11.6 Å². The number of phenols is 1. The fourth-order valence-electron chi connectivity index (χ4n) is 1.50. The van der Waals surface area contributed by atoms with Crippen molar-refractivity contribution in [3.63, 3.8) is 0 Å². The van der Waals surface area contributed by atoms with Crippen molar-refractivity contribution in [3.8, 4) is 11.5 Å². The number of phenolic OH excluding ortho intramolecular Hbond substituents is 1. The Morgan fingerprint density at radius 1 is 1.50 bits per heavy atom. The highest BCUT2D eigenvalue weighted by Gasteiger charge is 2.17. The molecule has 2 rings (SSSR count). The molecule has 1 aromatic rings. The SMILES string of the molecule is Oc1c(Cl)cccc1OC1CCNC1. The molecular weight excluding hydrogens is 202 g/mol. The molecule has 1 unspecified atom stereocenters. The molecule has 2 N–H and O–H groups in total. The maximum atomic E-state index is 9.58. The Morgan fingerprint density at radius 2 is 2.36 bits per heavy atom. The molecule has 0 saturated carbocycles. The van der Waals surface area contributed by atoms with E-state index >= 15 is 0 Å². The van der Waals surface area contributed by atoms with Crippen LogP contribution in [0.15, 0.2) is 18.2 Å². The summed E-state index contributed by atoms with van der Waals surface area (Å²) < 4.78 is 5.59. The molecule has 0 amide bonds. The third-order valence-corrected chi connectivity index (χ3v) is 2.56. The smallest absolute Gasteiger partial charge is 0.176 e. The molecule has 1 aliphatic rings. The van der Waals surface area contributed by atoms with E-state index in [-0.39, 0.29) is 11.9 Å². The average molecular weight is 214 g/mol. The lowest BCUT2D eigenvalue weighted by atomic mass is 10.3. The third-order valence-electron chi connectivity index (χ3n) is 2.26. The largest absolute Gasteiger partial charge is 0.503 e. The molecule has 4 heteroatoms. The molecule has 0 spiro atoms. The van der Waals surface area contributed by atoms with Crippen LogP contribution in [0, 0.1) is 0 Å². The highest BCUT2D eigenvalue weighted by atomic mass is 35.5. The normalized spacial score (nSPS) is 21.1. The minimum absolute atomic E-state index is 0.0288. The molecule has 1 heterocycles. The topological polar surface area (TPSA) is 41.5 Å². The zero-order chi connectivity index (χ0) is 9.97. The lowest BCUT2D eigenvalue weighted by molar-refractivity contribution is 0.214. The van der Waals surface area contributed by atoms with Crippen molar-refractivity contribution in [2.24, 2.45) is 0 Å². The van der Waals surface area contributed by atoms with Crippen LogP contribution in [0.4, 0.5) is 0 Å². The summed E-state index contributed by atoms with van der Waals surface area (Å²) in [5, 5.41) is 13.1. The summed E-state index contributed by atoms with van der Waals surface area (Å²) in [6.07, 6.45) is 1.10.